The molecule has 0 saturated heterocycles. The molecule has 152 valence electrons. The Kier molecular flexibility index (Phi) is 6.65. The highest BCUT2D eigenvalue weighted by Crippen LogP contribution is 2.23. The van der Waals surface area contributed by atoms with Gasteiger partial charge >= 0.3 is 0 Å². The van der Waals surface area contributed by atoms with Crippen LogP contribution in [0.2, 0.25) is 0 Å². The van der Waals surface area contributed by atoms with Gasteiger partial charge in [-0.2, -0.15) is 0 Å². The first kappa shape index (κ1) is 21.0. The number of rotatable bonds is 7. The molecule has 0 spiro atoms. The molecule has 0 radical (unpaired) electrons. The summed E-state index contributed by atoms with van der Waals surface area (Å²) < 4.78 is 1.78. The van der Waals surface area contributed by atoms with Crippen LogP contribution in [-0.4, -0.2) is 37.3 Å². The second kappa shape index (κ2) is 9.19. The number of thiazole rings is 1. The van der Waals surface area contributed by atoms with Crippen molar-refractivity contribution in [2.45, 2.75) is 32.0 Å². The summed E-state index contributed by atoms with van der Waals surface area (Å²) in [4.78, 5) is 29.9. The molecular weight excluding hydrogens is 408 g/mol. The quantitative estimate of drug-likeness (QED) is 0.559. The van der Waals surface area contributed by atoms with Gasteiger partial charge in [0.1, 0.15) is 0 Å². The van der Waals surface area contributed by atoms with Crippen molar-refractivity contribution in [1.29, 1.82) is 0 Å². The van der Waals surface area contributed by atoms with Crippen LogP contribution in [-0.2, 0) is 11.8 Å². The van der Waals surface area contributed by atoms with Crippen LogP contribution >= 0.6 is 23.1 Å². The Labute approximate surface area is 177 Å². The van der Waals surface area contributed by atoms with Gasteiger partial charge in [0, 0.05) is 17.5 Å². The number of nitrogens with one attached hydrogen (secondary N) is 2. The summed E-state index contributed by atoms with van der Waals surface area (Å²) >= 11 is 2.73. The van der Waals surface area contributed by atoms with E-state index in [4.69, 9.17) is 0 Å². The highest BCUT2D eigenvalue weighted by Gasteiger charge is 2.19. The zero-order valence-electron chi connectivity index (χ0n) is 16.6. The third-order valence-electron chi connectivity index (χ3n) is 4.25. The molecule has 0 aliphatic heterocycles. The first-order valence-corrected chi connectivity index (χ1v) is 10.8. The van der Waals surface area contributed by atoms with Gasteiger partial charge in [0.2, 0.25) is 5.91 Å². The number of nitrogens with zero attached hydrogens (tertiary/aromatic N) is 4. The molecule has 3 rings (SSSR count). The molecule has 2 N–H and O–H groups in total. The van der Waals surface area contributed by atoms with E-state index < -0.39 is 0 Å². The van der Waals surface area contributed by atoms with Gasteiger partial charge in [-0.25, -0.2) is 4.98 Å². The van der Waals surface area contributed by atoms with Crippen molar-refractivity contribution in [3.63, 3.8) is 0 Å². The van der Waals surface area contributed by atoms with Crippen LogP contribution in [0.25, 0.3) is 0 Å². The Hall–Kier alpha value is -2.72. The van der Waals surface area contributed by atoms with Gasteiger partial charge < -0.3 is 15.2 Å². The third-order valence-corrected chi connectivity index (χ3v) is 6.26. The smallest absolute Gasteiger partial charge is 0.251 e. The molecule has 1 aromatic carbocycles. The van der Waals surface area contributed by atoms with E-state index >= 15 is 0 Å². The standard InChI is InChI=1S/C19H22N6O2S2/c1-11-13(3)29-18(21-11)22-15(26)10-28-19-24-23-16(25(19)4)12(2)20-17(27)14-8-6-5-7-9-14/h5-9,12H,10H2,1-4H3,(H,20,27)(H,21,22,26)/t12-/m0/s1. The van der Waals surface area contributed by atoms with Crippen LogP contribution in [0, 0.1) is 13.8 Å². The molecule has 10 heteroatoms. The molecule has 0 aliphatic rings. The maximum Gasteiger partial charge on any atom is 0.251 e. The van der Waals surface area contributed by atoms with E-state index in [9.17, 15) is 9.59 Å². The van der Waals surface area contributed by atoms with E-state index in [2.05, 4.69) is 25.8 Å². The molecule has 0 bridgehead atoms. The topological polar surface area (TPSA) is 102 Å². The van der Waals surface area contributed by atoms with Crippen molar-refractivity contribution >= 4 is 40.0 Å². The van der Waals surface area contributed by atoms with Gasteiger partial charge in [0.15, 0.2) is 16.1 Å². The number of carbonyl (C=O) groups is 2. The van der Waals surface area contributed by atoms with Crippen LogP contribution in [0.15, 0.2) is 35.5 Å². The molecule has 1 atom stereocenters. The number of benzene rings is 1. The Balaban J connectivity index is 1.57. The second-order valence-electron chi connectivity index (χ2n) is 6.46. The molecule has 8 nitrogen and oxygen atoms in total. The Morgan fingerprint density at radius 2 is 1.93 bits per heavy atom. The second-order valence-corrected chi connectivity index (χ2v) is 8.60. The summed E-state index contributed by atoms with van der Waals surface area (Å²) in [6.07, 6.45) is 0. The molecule has 0 aliphatic carbocycles. The van der Waals surface area contributed by atoms with Crippen molar-refractivity contribution in [1.82, 2.24) is 25.1 Å². The fraction of sp³-hybridized carbons (Fsp3) is 0.316. The number of amides is 2. The number of aromatic nitrogens is 4. The number of hydrogen-bond acceptors (Lipinski definition) is 7. The molecular formula is C19H22N6O2S2. The summed E-state index contributed by atoms with van der Waals surface area (Å²) in [7, 11) is 1.81. The van der Waals surface area contributed by atoms with Crippen molar-refractivity contribution in [2.75, 3.05) is 11.1 Å². The van der Waals surface area contributed by atoms with Crippen molar-refractivity contribution in [3.8, 4) is 0 Å². The van der Waals surface area contributed by atoms with Crippen LogP contribution in [0.4, 0.5) is 5.13 Å². The zero-order valence-corrected chi connectivity index (χ0v) is 18.2. The lowest BCUT2D eigenvalue weighted by atomic mass is 10.2. The lowest BCUT2D eigenvalue weighted by Gasteiger charge is -2.13. The number of thioether (sulfide) groups is 1. The first-order chi connectivity index (χ1) is 13.8. The monoisotopic (exact) mass is 430 g/mol. The van der Waals surface area contributed by atoms with Gasteiger partial charge in [-0.05, 0) is 32.9 Å². The number of carbonyl (C=O) groups excluding carboxylic acids is 2. The minimum atomic E-state index is -0.329. The SMILES string of the molecule is Cc1nc(NC(=O)CSc2nnc([C@H](C)NC(=O)c3ccccc3)n2C)sc1C. The summed E-state index contributed by atoms with van der Waals surface area (Å²) in [5, 5.41) is 15.2. The van der Waals surface area contributed by atoms with E-state index in [1.807, 2.05) is 46.0 Å². The van der Waals surface area contributed by atoms with Crippen molar-refractivity contribution < 1.29 is 9.59 Å². The molecule has 2 aromatic heterocycles. The molecule has 0 fully saturated rings. The maximum absolute atomic E-state index is 12.3. The minimum absolute atomic E-state index is 0.154. The maximum atomic E-state index is 12.3. The molecule has 0 unspecified atom stereocenters. The lowest BCUT2D eigenvalue weighted by molar-refractivity contribution is -0.113. The Bertz CT molecular complexity index is 996. The summed E-state index contributed by atoms with van der Waals surface area (Å²) in [5.41, 5.74) is 1.50. The van der Waals surface area contributed by atoms with E-state index in [-0.39, 0.29) is 23.6 Å². The Morgan fingerprint density at radius 3 is 2.59 bits per heavy atom. The van der Waals surface area contributed by atoms with E-state index in [0.717, 1.165) is 10.6 Å². The molecule has 2 heterocycles. The molecule has 0 saturated carbocycles. The van der Waals surface area contributed by atoms with E-state index in [1.54, 1.807) is 16.7 Å². The van der Waals surface area contributed by atoms with Gasteiger partial charge in [0.05, 0.1) is 17.5 Å². The van der Waals surface area contributed by atoms with Gasteiger partial charge in [-0.3, -0.25) is 9.59 Å². The fourth-order valence-corrected chi connectivity index (χ4v) is 4.12. The molecule has 3 aromatic rings. The minimum Gasteiger partial charge on any atom is -0.342 e. The Morgan fingerprint density at radius 1 is 1.21 bits per heavy atom. The van der Waals surface area contributed by atoms with Crippen LogP contribution in [0.1, 0.15) is 39.7 Å². The average Bonchev–Trinajstić information content (AvgIpc) is 3.22. The summed E-state index contributed by atoms with van der Waals surface area (Å²) in [6.45, 7) is 5.73. The normalized spacial score (nSPS) is 11.9. The van der Waals surface area contributed by atoms with Crippen LogP contribution < -0.4 is 10.6 Å². The summed E-state index contributed by atoms with van der Waals surface area (Å²) in [5.74, 6) is 0.472. The first-order valence-electron chi connectivity index (χ1n) is 8.97. The molecule has 2 amide bonds. The lowest BCUT2D eigenvalue weighted by Crippen LogP contribution is -2.28. The predicted molar refractivity (Wildman–Crippen MR) is 114 cm³/mol. The van der Waals surface area contributed by atoms with Gasteiger partial charge in [0.25, 0.3) is 5.91 Å². The zero-order chi connectivity index (χ0) is 21.0. The fourth-order valence-electron chi connectivity index (χ4n) is 2.57. The predicted octanol–water partition coefficient (Wildman–Crippen LogP) is 3.11. The average molecular weight is 431 g/mol. The van der Waals surface area contributed by atoms with Crippen molar-refractivity contribution in [3.05, 3.63) is 52.3 Å². The van der Waals surface area contributed by atoms with Crippen LogP contribution in [0.3, 0.4) is 0 Å². The molecule has 29 heavy (non-hydrogen) atoms. The van der Waals surface area contributed by atoms with E-state index in [0.29, 0.717) is 21.7 Å². The van der Waals surface area contributed by atoms with E-state index in [1.165, 1.54) is 23.1 Å². The number of hydrogen-bond donors (Lipinski definition) is 2. The summed E-state index contributed by atoms with van der Waals surface area (Å²) in [6, 6.07) is 8.67. The highest BCUT2D eigenvalue weighted by molar-refractivity contribution is 7.99. The van der Waals surface area contributed by atoms with Crippen LogP contribution in [0.5, 0.6) is 0 Å². The van der Waals surface area contributed by atoms with Crippen molar-refractivity contribution in [2.24, 2.45) is 7.05 Å². The third kappa shape index (κ3) is 5.21. The largest absolute Gasteiger partial charge is 0.342 e. The highest BCUT2D eigenvalue weighted by atomic mass is 32.2. The number of aryl methyl sites for hydroxylation is 2. The van der Waals surface area contributed by atoms with Gasteiger partial charge in [-0.1, -0.05) is 30.0 Å². The van der Waals surface area contributed by atoms with Gasteiger partial charge in [-0.15, -0.1) is 21.5 Å². The number of anilines is 1.